The molecule has 2 nitrogen and oxygen atoms in total. The predicted molar refractivity (Wildman–Crippen MR) is 72.8 cm³/mol. The second-order valence-corrected chi connectivity index (χ2v) is 4.58. The van der Waals surface area contributed by atoms with Crippen LogP contribution in [-0.4, -0.2) is 0 Å². The van der Waals surface area contributed by atoms with Crippen molar-refractivity contribution < 1.29 is 8.78 Å². The van der Waals surface area contributed by atoms with E-state index in [1.54, 1.807) is 18.2 Å². The maximum Gasteiger partial charge on any atom is 0.129 e. The highest BCUT2D eigenvalue weighted by atomic mass is 19.1. The summed E-state index contributed by atoms with van der Waals surface area (Å²) in [5, 5.41) is 11.8. The van der Waals surface area contributed by atoms with E-state index in [1.807, 2.05) is 19.1 Å². The summed E-state index contributed by atoms with van der Waals surface area (Å²) in [6.45, 7) is 2.20. The van der Waals surface area contributed by atoms with Crippen LogP contribution in [0.1, 0.15) is 29.7 Å². The van der Waals surface area contributed by atoms with Gasteiger partial charge in [-0.3, -0.25) is 0 Å². The quantitative estimate of drug-likeness (QED) is 0.921. The van der Waals surface area contributed by atoms with Gasteiger partial charge in [-0.2, -0.15) is 5.26 Å². The molecule has 102 valence electrons. The van der Waals surface area contributed by atoms with Gasteiger partial charge < -0.3 is 5.32 Å². The normalized spacial score (nSPS) is 11.9. The lowest BCUT2D eigenvalue weighted by Gasteiger charge is -2.14. The van der Waals surface area contributed by atoms with Gasteiger partial charge in [0.2, 0.25) is 0 Å². The lowest BCUT2D eigenvalue weighted by atomic mass is 10.1. The zero-order valence-electron chi connectivity index (χ0n) is 11.0. The molecule has 0 amide bonds. The molecule has 0 radical (unpaired) electrons. The Morgan fingerprint density at radius 1 is 1.20 bits per heavy atom. The van der Waals surface area contributed by atoms with Crippen molar-refractivity contribution in [3.8, 4) is 6.07 Å². The lowest BCUT2D eigenvalue weighted by molar-refractivity contribution is 0.540. The fourth-order valence-electron chi connectivity index (χ4n) is 1.92. The Morgan fingerprint density at radius 2 is 2.00 bits per heavy atom. The Bertz CT molecular complexity index is 647. The molecule has 0 spiro atoms. The van der Waals surface area contributed by atoms with Crippen LogP contribution in [0.3, 0.4) is 0 Å². The molecule has 0 aliphatic carbocycles. The molecule has 0 aliphatic heterocycles. The molecular weight excluding hydrogens is 258 g/mol. The maximum atomic E-state index is 13.7. The molecule has 2 aromatic rings. The van der Waals surface area contributed by atoms with Crippen molar-refractivity contribution in [2.75, 3.05) is 0 Å². The van der Waals surface area contributed by atoms with Crippen molar-refractivity contribution in [1.29, 1.82) is 5.26 Å². The number of nitrogens with one attached hydrogen (secondary N) is 1. The fourth-order valence-corrected chi connectivity index (χ4v) is 1.92. The lowest BCUT2D eigenvalue weighted by Crippen LogP contribution is -2.19. The molecule has 0 fully saturated rings. The molecule has 0 aliphatic rings. The molecule has 4 heteroatoms. The minimum absolute atomic E-state index is 0.0965. The first-order chi connectivity index (χ1) is 9.60. The van der Waals surface area contributed by atoms with Crippen LogP contribution >= 0.6 is 0 Å². The average Bonchev–Trinajstić information content (AvgIpc) is 2.45. The van der Waals surface area contributed by atoms with Crippen LogP contribution in [0.5, 0.6) is 0 Å². The molecule has 1 unspecified atom stereocenters. The summed E-state index contributed by atoms with van der Waals surface area (Å²) in [6.07, 6.45) is 0. The summed E-state index contributed by atoms with van der Waals surface area (Å²) in [5.41, 5.74) is 1.58. The monoisotopic (exact) mass is 272 g/mol. The van der Waals surface area contributed by atoms with Gasteiger partial charge in [-0.15, -0.1) is 0 Å². The average molecular weight is 272 g/mol. The van der Waals surface area contributed by atoms with Crippen LogP contribution in [0.2, 0.25) is 0 Å². The van der Waals surface area contributed by atoms with Crippen LogP contribution in [0.25, 0.3) is 0 Å². The minimum atomic E-state index is -0.414. The zero-order valence-corrected chi connectivity index (χ0v) is 11.0. The summed E-state index contributed by atoms with van der Waals surface area (Å²) in [7, 11) is 0. The molecule has 0 saturated heterocycles. The third-order valence-electron chi connectivity index (χ3n) is 3.13. The smallest absolute Gasteiger partial charge is 0.129 e. The molecular formula is C16H14F2N2. The Balaban J connectivity index is 2.04. The van der Waals surface area contributed by atoms with Gasteiger partial charge in [0.15, 0.2) is 0 Å². The topological polar surface area (TPSA) is 35.8 Å². The largest absolute Gasteiger partial charge is 0.306 e. The second kappa shape index (κ2) is 6.27. The number of nitrogens with zero attached hydrogens (tertiary/aromatic N) is 1. The molecule has 20 heavy (non-hydrogen) atoms. The highest BCUT2D eigenvalue weighted by Crippen LogP contribution is 2.15. The van der Waals surface area contributed by atoms with E-state index in [0.29, 0.717) is 17.7 Å². The molecule has 0 bridgehead atoms. The van der Waals surface area contributed by atoms with E-state index < -0.39 is 5.82 Å². The molecule has 1 N–H and O–H groups in total. The van der Waals surface area contributed by atoms with Crippen molar-refractivity contribution in [3.63, 3.8) is 0 Å². The summed E-state index contributed by atoms with van der Waals surface area (Å²) in [6, 6.07) is 12.5. The Hall–Kier alpha value is -2.25. The minimum Gasteiger partial charge on any atom is -0.306 e. The van der Waals surface area contributed by atoms with E-state index in [4.69, 9.17) is 5.26 Å². The Labute approximate surface area is 116 Å². The molecule has 0 saturated carbocycles. The fraction of sp³-hybridized carbons (Fsp3) is 0.188. The summed E-state index contributed by atoms with van der Waals surface area (Å²) in [4.78, 5) is 0. The number of halogens is 2. The Morgan fingerprint density at radius 3 is 2.65 bits per heavy atom. The highest BCUT2D eigenvalue weighted by molar-refractivity contribution is 5.33. The number of rotatable bonds is 4. The van der Waals surface area contributed by atoms with E-state index in [0.717, 1.165) is 5.56 Å². The number of hydrogen-bond donors (Lipinski definition) is 1. The molecule has 0 heterocycles. The zero-order chi connectivity index (χ0) is 14.5. The van der Waals surface area contributed by atoms with Gasteiger partial charge in [0.1, 0.15) is 11.6 Å². The molecule has 2 aromatic carbocycles. The van der Waals surface area contributed by atoms with Crippen LogP contribution in [0.15, 0.2) is 42.5 Å². The van der Waals surface area contributed by atoms with Gasteiger partial charge in [-0.1, -0.05) is 18.2 Å². The number of nitriles is 1. The molecule has 1 atom stereocenters. The summed E-state index contributed by atoms with van der Waals surface area (Å²) >= 11 is 0. The standard InChI is InChI=1S/C16H14F2N2/c1-11(13-3-2-4-15(17)8-13)20-10-14-6-5-12(9-19)7-16(14)18/h2-8,11,20H,10H2,1H3. The van der Waals surface area contributed by atoms with Crippen molar-refractivity contribution >= 4 is 0 Å². The van der Waals surface area contributed by atoms with E-state index in [-0.39, 0.29) is 11.9 Å². The summed E-state index contributed by atoms with van der Waals surface area (Å²) in [5.74, 6) is -0.705. The van der Waals surface area contributed by atoms with Gasteiger partial charge in [0.05, 0.1) is 11.6 Å². The maximum absolute atomic E-state index is 13.7. The molecule has 2 rings (SSSR count). The van der Waals surface area contributed by atoms with E-state index in [2.05, 4.69) is 5.32 Å². The van der Waals surface area contributed by atoms with E-state index in [1.165, 1.54) is 18.2 Å². The third-order valence-corrected chi connectivity index (χ3v) is 3.13. The van der Waals surface area contributed by atoms with Gasteiger partial charge in [0.25, 0.3) is 0 Å². The summed E-state index contributed by atoms with van der Waals surface area (Å²) < 4.78 is 26.8. The van der Waals surface area contributed by atoms with Crippen LogP contribution in [0, 0.1) is 23.0 Å². The van der Waals surface area contributed by atoms with Crippen molar-refractivity contribution in [2.45, 2.75) is 19.5 Å². The van der Waals surface area contributed by atoms with Gasteiger partial charge >= 0.3 is 0 Å². The van der Waals surface area contributed by atoms with Crippen molar-refractivity contribution in [3.05, 3.63) is 70.8 Å². The van der Waals surface area contributed by atoms with Gasteiger partial charge in [0, 0.05) is 18.2 Å². The van der Waals surface area contributed by atoms with Gasteiger partial charge in [-0.25, -0.2) is 8.78 Å². The highest BCUT2D eigenvalue weighted by Gasteiger charge is 2.08. The van der Waals surface area contributed by atoms with Gasteiger partial charge in [-0.05, 0) is 36.8 Å². The second-order valence-electron chi connectivity index (χ2n) is 4.58. The third kappa shape index (κ3) is 3.40. The first-order valence-corrected chi connectivity index (χ1v) is 6.27. The van der Waals surface area contributed by atoms with Crippen LogP contribution in [0.4, 0.5) is 8.78 Å². The first kappa shape index (κ1) is 14.2. The van der Waals surface area contributed by atoms with Crippen molar-refractivity contribution in [2.24, 2.45) is 0 Å². The number of benzene rings is 2. The molecule has 0 aromatic heterocycles. The van der Waals surface area contributed by atoms with E-state index in [9.17, 15) is 8.78 Å². The Kier molecular flexibility index (Phi) is 4.44. The first-order valence-electron chi connectivity index (χ1n) is 6.27. The number of hydrogen-bond acceptors (Lipinski definition) is 2. The van der Waals surface area contributed by atoms with E-state index >= 15 is 0 Å². The van der Waals surface area contributed by atoms with Crippen LogP contribution < -0.4 is 5.32 Å². The SMILES string of the molecule is CC(NCc1ccc(C#N)cc1F)c1cccc(F)c1. The predicted octanol–water partition coefficient (Wildman–Crippen LogP) is 3.69. The van der Waals surface area contributed by atoms with Crippen molar-refractivity contribution in [1.82, 2.24) is 5.32 Å². The van der Waals surface area contributed by atoms with Crippen LogP contribution in [-0.2, 0) is 6.54 Å².